The predicted octanol–water partition coefficient (Wildman–Crippen LogP) is 5.91. The van der Waals surface area contributed by atoms with E-state index in [4.69, 9.17) is 0 Å². The van der Waals surface area contributed by atoms with E-state index in [1.54, 1.807) is 0 Å². The maximum atomic E-state index is 15.3. The lowest BCUT2D eigenvalue weighted by atomic mass is 9.69. The van der Waals surface area contributed by atoms with Gasteiger partial charge in [-0.2, -0.15) is 0 Å². The van der Waals surface area contributed by atoms with Gasteiger partial charge >= 0.3 is 12.3 Å². The molecule has 1 aliphatic rings. The van der Waals surface area contributed by atoms with Crippen LogP contribution in [0.25, 0.3) is 10.9 Å². The van der Waals surface area contributed by atoms with Crippen molar-refractivity contribution in [1.82, 2.24) is 4.57 Å². The third kappa shape index (κ3) is 4.11. The molecule has 1 aromatic heterocycles. The van der Waals surface area contributed by atoms with Crippen LogP contribution in [0.4, 0.5) is 17.6 Å². The molecule has 3 aromatic rings. The summed E-state index contributed by atoms with van der Waals surface area (Å²) < 4.78 is 57.7. The van der Waals surface area contributed by atoms with Gasteiger partial charge in [0.1, 0.15) is 5.75 Å². The van der Waals surface area contributed by atoms with Crippen LogP contribution in [-0.4, -0.2) is 33.0 Å². The fraction of sp³-hybridized carbons (Fsp3) is 0.360. The van der Waals surface area contributed by atoms with E-state index in [-0.39, 0.29) is 33.6 Å². The second kappa shape index (κ2) is 8.58. The number of benzene rings is 2. The third-order valence-electron chi connectivity index (χ3n) is 6.96. The van der Waals surface area contributed by atoms with Crippen molar-refractivity contribution in [1.29, 1.82) is 0 Å². The van der Waals surface area contributed by atoms with Gasteiger partial charge < -0.3 is 14.9 Å². The molecule has 35 heavy (non-hydrogen) atoms. The van der Waals surface area contributed by atoms with Crippen molar-refractivity contribution in [2.24, 2.45) is 5.92 Å². The molecule has 0 amide bonds. The number of hydrogen-bond acceptors (Lipinski definition) is 4. The summed E-state index contributed by atoms with van der Waals surface area (Å²) in [6.45, 7) is 3.01. The highest BCUT2D eigenvalue weighted by molar-refractivity contribution is 6.06. The van der Waals surface area contributed by atoms with Crippen LogP contribution in [0.3, 0.4) is 0 Å². The number of aromatic nitrogens is 1. The summed E-state index contributed by atoms with van der Waals surface area (Å²) in [5, 5.41) is 20.2. The van der Waals surface area contributed by atoms with Gasteiger partial charge in [-0.1, -0.05) is 12.8 Å². The molecular weight excluding hydrogens is 470 g/mol. The van der Waals surface area contributed by atoms with Crippen LogP contribution in [0, 0.1) is 18.7 Å². The molecule has 2 aromatic carbocycles. The lowest BCUT2D eigenvalue weighted by molar-refractivity contribution is -0.274. The first kappa shape index (κ1) is 24.6. The Bertz CT molecular complexity index is 1310. The highest BCUT2D eigenvalue weighted by atomic mass is 19.4. The van der Waals surface area contributed by atoms with E-state index >= 15 is 4.39 Å². The summed E-state index contributed by atoms with van der Waals surface area (Å²) in [5.74, 6) is -4.41. The summed E-state index contributed by atoms with van der Waals surface area (Å²) in [5.41, 5.74) is -1.22. The Labute approximate surface area is 197 Å². The van der Waals surface area contributed by atoms with Crippen LogP contribution in [0.2, 0.25) is 0 Å². The van der Waals surface area contributed by atoms with Crippen LogP contribution in [0.5, 0.6) is 11.5 Å². The lowest BCUT2D eigenvalue weighted by Crippen LogP contribution is -2.40. The van der Waals surface area contributed by atoms with E-state index in [2.05, 4.69) is 4.74 Å². The van der Waals surface area contributed by atoms with Crippen LogP contribution in [0.15, 0.2) is 36.4 Å². The number of nitrogens with zero attached hydrogens (tertiary/aromatic N) is 1. The maximum Gasteiger partial charge on any atom is 0.573 e. The van der Waals surface area contributed by atoms with Gasteiger partial charge in [0, 0.05) is 22.2 Å². The zero-order chi connectivity index (χ0) is 25.7. The van der Waals surface area contributed by atoms with E-state index in [0.717, 1.165) is 47.7 Å². The first-order valence-electron chi connectivity index (χ1n) is 11.0. The largest absolute Gasteiger partial charge is 0.573 e. The van der Waals surface area contributed by atoms with Crippen molar-refractivity contribution in [2.45, 2.75) is 51.3 Å². The lowest BCUT2D eigenvalue weighted by Gasteiger charge is -2.32. The van der Waals surface area contributed by atoms with Crippen molar-refractivity contribution < 1.29 is 42.1 Å². The average Bonchev–Trinajstić information content (AvgIpc) is 3.42. The molecule has 0 saturated heterocycles. The van der Waals surface area contributed by atoms with E-state index in [9.17, 15) is 33.0 Å². The highest BCUT2D eigenvalue weighted by Gasteiger charge is 2.48. The van der Waals surface area contributed by atoms with Gasteiger partial charge in [0.15, 0.2) is 11.6 Å². The fourth-order valence-corrected chi connectivity index (χ4v) is 5.27. The van der Waals surface area contributed by atoms with Gasteiger partial charge in [-0.25, -0.2) is 4.39 Å². The van der Waals surface area contributed by atoms with Crippen LogP contribution in [0.1, 0.15) is 54.2 Å². The molecule has 1 heterocycles. The molecule has 1 fully saturated rings. The van der Waals surface area contributed by atoms with Gasteiger partial charge in [0.05, 0.1) is 10.9 Å². The number of phenolic OH excluding ortho intramolecular Hbond substituents is 1. The SMILES string of the molecule is Cc1c([C@](C)(C(=O)O)C2CCCC2)c2c(F)c(O)ccc2n1C(=O)c1ccc(OC(F)(F)F)cc1. The van der Waals surface area contributed by atoms with E-state index in [0.29, 0.717) is 12.8 Å². The summed E-state index contributed by atoms with van der Waals surface area (Å²) in [4.78, 5) is 26.1. The number of carboxylic acids is 1. The Hall–Kier alpha value is -3.56. The smallest absolute Gasteiger partial charge is 0.505 e. The number of halogens is 4. The molecule has 0 unspecified atom stereocenters. The molecule has 0 spiro atoms. The monoisotopic (exact) mass is 493 g/mol. The number of alkyl halides is 3. The van der Waals surface area contributed by atoms with Gasteiger partial charge in [0.2, 0.25) is 0 Å². The van der Waals surface area contributed by atoms with Crippen molar-refractivity contribution in [3.63, 3.8) is 0 Å². The molecule has 0 aliphatic heterocycles. The summed E-state index contributed by atoms with van der Waals surface area (Å²) in [6.07, 6.45) is -2.02. The minimum Gasteiger partial charge on any atom is -0.505 e. The Morgan fingerprint density at radius 3 is 2.20 bits per heavy atom. The zero-order valence-corrected chi connectivity index (χ0v) is 18.9. The van der Waals surface area contributed by atoms with Gasteiger partial charge in [-0.05, 0) is 69.0 Å². The average molecular weight is 493 g/mol. The van der Waals surface area contributed by atoms with Gasteiger partial charge in [-0.3, -0.25) is 14.2 Å². The minimum absolute atomic E-state index is 0.0162. The number of carbonyl (C=O) groups excluding carboxylic acids is 1. The molecular formula is C25H23F4NO5. The molecule has 0 bridgehead atoms. The predicted molar refractivity (Wildman–Crippen MR) is 118 cm³/mol. The van der Waals surface area contributed by atoms with Crippen molar-refractivity contribution in [2.75, 3.05) is 0 Å². The number of ether oxygens (including phenoxy) is 1. The second-order valence-corrected chi connectivity index (χ2v) is 8.95. The van der Waals surface area contributed by atoms with Gasteiger partial charge in [-0.15, -0.1) is 13.2 Å². The molecule has 6 nitrogen and oxygen atoms in total. The standard InChI is InChI=1S/C25H23F4NO5/c1-13-20(24(2,23(33)34)15-5-3-4-6-15)19-17(11-12-18(31)21(19)26)30(13)22(32)14-7-9-16(10-8-14)35-25(27,28)29/h7-12,15,31H,3-6H2,1-2H3,(H,33,34)/t24-/m1/s1. The number of carboxylic acid groups (broad SMARTS) is 1. The van der Waals surface area contributed by atoms with E-state index in [1.807, 2.05) is 0 Å². The molecule has 4 rings (SSSR count). The van der Waals surface area contributed by atoms with Gasteiger partial charge in [0.25, 0.3) is 5.91 Å². The topological polar surface area (TPSA) is 88.8 Å². The van der Waals surface area contributed by atoms with Crippen LogP contribution < -0.4 is 4.74 Å². The molecule has 1 saturated carbocycles. The quantitative estimate of drug-likeness (QED) is 0.431. The molecule has 10 heteroatoms. The van der Waals surface area contributed by atoms with Crippen molar-refractivity contribution >= 4 is 22.8 Å². The first-order chi connectivity index (χ1) is 16.4. The second-order valence-electron chi connectivity index (χ2n) is 8.95. The molecule has 1 aliphatic carbocycles. The zero-order valence-electron chi connectivity index (χ0n) is 18.9. The number of phenols is 1. The Kier molecular flexibility index (Phi) is 6.02. The summed E-state index contributed by atoms with van der Waals surface area (Å²) >= 11 is 0. The molecule has 1 atom stereocenters. The number of hydrogen-bond donors (Lipinski definition) is 2. The normalized spacial score (nSPS) is 16.4. The molecule has 0 radical (unpaired) electrons. The number of aromatic hydroxyl groups is 1. The number of rotatable bonds is 5. The Morgan fingerprint density at radius 1 is 1.06 bits per heavy atom. The Balaban J connectivity index is 1.92. The first-order valence-corrected chi connectivity index (χ1v) is 11.0. The number of fused-ring (bicyclic) bond motifs is 1. The van der Waals surface area contributed by atoms with E-state index < -0.39 is 41.0 Å². The van der Waals surface area contributed by atoms with E-state index in [1.165, 1.54) is 19.9 Å². The molecule has 2 N–H and O–H groups in total. The van der Waals surface area contributed by atoms with Crippen LogP contribution >= 0.6 is 0 Å². The fourth-order valence-electron chi connectivity index (χ4n) is 5.27. The minimum atomic E-state index is -4.89. The number of carbonyl (C=O) groups is 2. The van der Waals surface area contributed by atoms with Crippen molar-refractivity contribution in [3.8, 4) is 11.5 Å². The molecule has 186 valence electrons. The summed E-state index contributed by atoms with van der Waals surface area (Å²) in [6, 6.07) is 6.62. The highest BCUT2D eigenvalue weighted by Crippen LogP contribution is 2.48. The third-order valence-corrected chi connectivity index (χ3v) is 6.96. The number of aliphatic carboxylic acids is 1. The summed E-state index contributed by atoms with van der Waals surface area (Å²) in [7, 11) is 0. The van der Waals surface area contributed by atoms with Crippen molar-refractivity contribution in [3.05, 3.63) is 59.0 Å². The van der Waals surface area contributed by atoms with Crippen LogP contribution in [-0.2, 0) is 10.2 Å². The maximum absolute atomic E-state index is 15.3. The Morgan fingerprint density at radius 2 is 1.66 bits per heavy atom.